The van der Waals surface area contributed by atoms with Gasteiger partial charge in [-0.15, -0.1) is 0 Å². The molecule has 0 heterocycles. The maximum absolute atomic E-state index is 6.28. The van der Waals surface area contributed by atoms with E-state index in [2.05, 4.69) is 32.7 Å². The largest absolute Gasteiger partial charge is 0.329 e. The van der Waals surface area contributed by atoms with E-state index >= 15 is 0 Å². The van der Waals surface area contributed by atoms with E-state index in [0.717, 1.165) is 12.6 Å². The average molecular weight is 266 g/mol. The molecule has 0 radical (unpaired) electrons. The first-order chi connectivity index (χ1) is 8.91. The van der Waals surface area contributed by atoms with Crippen LogP contribution in [0.15, 0.2) is 0 Å². The van der Waals surface area contributed by atoms with E-state index in [4.69, 9.17) is 5.73 Å². The molecule has 2 N–H and O–H groups in total. The molecule has 2 aliphatic rings. The monoisotopic (exact) mass is 266 g/mol. The zero-order valence-corrected chi connectivity index (χ0v) is 13.5. The SMILES string of the molecule is CC1CC(C)(C)CCC1(CN)N(C)C1CCCCC1. The van der Waals surface area contributed by atoms with Crippen molar-refractivity contribution in [2.75, 3.05) is 13.6 Å². The van der Waals surface area contributed by atoms with Crippen LogP contribution in [0.2, 0.25) is 0 Å². The molecule has 2 aliphatic carbocycles. The minimum absolute atomic E-state index is 0.261. The van der Waals surface area contributed by atoms with Crippen LogP contribution in [0, 0.1) is 11.3 Å². The van der Waals surface area contributed by atoms with E-state index < -0.39 is 0 Å². The van der Waals surface area contributed by atoms with Gasteiger partial charge in [0.05, 0.1) is 0 Å². The summed E-state index contributed by atoms with van der Waals surface area (Å²) in [5, 5.41) is 0. The van der Waals surface area contributed by atoms with Crippen molar-refractivity contribution in [1.29, 1.82) is 0 Å². The van der Waals surface area contributed by atoms with Gasteiger partial charge in [0.2, 0.25) is 0 Å². The Hall–Kier alpha value is -0.0800. The molecule has 0 aromatic carbocycles. The van der Waals surface area contributed by atoms with Gasteiger partial charge in [0, 0.05) is 18.1 Å². The summed E-state index contributed by atoms with van der Waals surface area (Å²) in [6.07, 6.45) is 11.0. The quantitative estimate of drug-likeness (QED) is 0.842. The molecule has 0 aliphatic heterocycles. The Kier molecular flexibility index (Phi) is 4.62. The van der Waals surface area contributed by atoms with Gasteiger partial charge in [-0.25, -0.2) is 0 Å². The highest BCUT2D eigenvalue weighted by Crippen LogP contribution is 2.47. The minimum atomic E-state index is 0.261. The van der Waals surface area contributed by atoms with Crippen LogP contribution in [-0.2, 0) is 0 Å². The number of nitrogens with zero attached hydrogens (tertiary/aromatic N) is 1. The number of likely N-dealkylation sites (N-methyl/N-ethyl adjacent to an activating group) is 1. The van der Waals surface area contributed by atoms with Crippen LogP contribution in [0.1, 0.15) is 72.1 Å². The van der Waals surface area contributed by atoms with Crippen molar-refractivity contribution in [3.63, 3.8) is 0 Å². The zero-order chi connectivity index (χ0) is 14.1. The molecule has 2 rings (SSSR count). The maximum Gasteiger partial charge on any atom is 0.0357 e. The molecule has 2 nitrogen and oxygen atoms in total. The van der Waals surface area contributed by atoms with Crippen LogP contribution in [0.5, 0.6) is 0 Å². The summed E-state index contributed by atoms with van der Waals surface area (Å²) in [6, 6.07) is 0.779. The second kappa shape index (κ2) is 5.73. The molecule has 2 saturated carbocycles. The van der Waals surface area contributed by atoms with Gasteiger partial charge in [0.25, 0.3) is 0 Å². The molecule has 2 heteroatoms. The second-order valence-corrected chi connectivity index (χ2v) is 7.98. The van der Waals surface area contributed by atoms with Crippen molar-refractivity contribution in [2.24, 2.45) is 17.1 Å². The molecule has 2 atom stereocenters. The van der Waals surface area contributed by atoms with E-state index in [9.17, 15) is 0 Å². The lowest BCUT2D eigenvalue weighted by atomic mass is 9.62. The number of hydrogen-bond donors (Lipinski definition) is 1. The van der Waals surface area contributed by atoms with Crippen molar-refractivity contribution in [3.05, 3.63) is 0 Å². The smallest absolute Gasteiger partial charge is 0.0357 e. The highest BCUT2D eigenvalue weighted by molar-refractivity contribution is 5.02. The average Bonchev–Trinajstić information content (AvgIpc) is 2.39. The molecule has 0 aromatic rings. The van der Waals surface area contributed by atoms with Crippen molar-refractivity contribution >= 4 is 0 Å². The second-order valence-electron chi connectivity index (χ2n) is 7.98. The third-order valence-corrected chi connectivity index (χ3v) is 6.19. The fourth-order valence-electron chi connectivity index (χ4n) is 4.73. The van der Waals surface area contributed by atoms with Gasteiger partial charge in [-0.1, -0.05) is 40.0 Å². The van der Waals surface area contributed by atoms with Crippen molar-refractivity contribution in [3.8, 4) is 0 Å². The summed E-state index contributed by atoms with van der Waals surface area (Å²) in [6.45, 7) is 8.11. The van der Waals surface area contributed by atoms with Gasteiger partial charge in [-0.3, -0.25) is 4.90 Å². The van der Waals surface area contributed by atoms with Gasteiger partial charge in [-0.05, 0) is 50.5 Å². The van der Waals surface area contributed by atoms with Crippen LogP contribution in [0.3, 0.4) is 0 Å². The summed E-state index contributed by atoms with van der Waals surface area (Å²) in [7, 11) is 2.36. The van der Waals surface area contributed by atoms with Crippen molar-refractivity contribution in [1.82, 2.24) is 4.90 Å². The Morgan fingerprint density at radius 3 is 2.26 bits per heavy atom. The summed E-state index contributed by atoms with van der Waals surface area (Å²) >= 11 is 0. The van der Waals surface area contributed by atoms with Crippen LogP contribution in [-0.4, -0.2) is 30.1 Å². The molecule has 0 aromatic heterocycles. The van der Waals surface area contributed by atoms with E-state index in [0.29, 0.717) is 11.3 Å². The minimum Gasteiger partial charge on any atom is -0.329 e. The molecule has 0 saturated heterocycles. The third-order valence-electron chi connectivity index (χ3n) is 6.19. The molecular formula is C17H34N2. The lowest BCUT2D eigenvalue weighted by molar-refractivity contribution is -0.0378. The standard InChI is InChI=1S/C17H34N2/c1-14-12-16(2,3)10-11-17(14,13-18)19(4)15-8-6-5-7-9-15/h14-15H,5-13,18H2,1-4H3. The van der Waals surface area contributed by atoms with Crippen LogP contribution in [0.25, 0.3) is 0 Å². The van der Waals surface area contributed by atoms with E-state index in [1.165, 1.54) is 51.4 Å². The molecule has 0 amide bonds. The Labute approximate surface area is 120 Å². The fraction of sp³-hybridized carbons (Fsp3) is 1.00. The Morgan fingerprint density at radius 2 is 1.74 bits per heavy atom. The summed E-state index contributed by atoms with van der Waals surface area (Å²) < 4.78 is 0. The maximum atomic E-state index is 6.28. The highest BCUT2D eigenvalue weighted by Gasteiger charge is 2.47. The number of hydrogen-bond acceptors (Lipinski definition) is 2. The number of rotatable bonds is 3. The summed E-state index contributed by atoms with van der Waals surface area (Å²) in [5.41, 5.74) is 7.05. The molecule has 19 heavy (non-hydrogen) atoms. The molecule has 0 spiro atoms. The van der Waals surface area contributed by atoms with Gasteiger partial charge >= 0.3 is 0 Å². The van der Waals surface area contributed by atoms with Gasteiger partial charge in [-0.2, -0.15) is 0 Å². The lowest BCUT2D eigenvalue weighted by Gasteiger charge is -2.55. The van der Waals surface area contributed by atoms with Crippen LogP contribution >= 0.6 is 0 Å². The predicted octanol–water partition coefficient (Wildman–Crippen LogP) is 3.79. The topological polar surface area (TPSA) is 29.3 Å². The predicted molar refractivity (Wildman–Crippen MR) is 83.2 cm³/mol. The first kappa shape index (κ1) is 15.3. The molecule has 2 fully saturated rings. The highest BCUT2D eigenvalue weighted by atomic mass is 15.2. The molecule has 2 unspecified atom stereocenters. The van der Waals surface area contributed by atoms with Crippen LogP contribution in [0.4, 0.5) is 0 Å². The van der Waals surface area contributed by atoms with E-state index in [1.807, 2.05) is 0 Å². The first-order valence-corrected chi connectivity index (χ1v) is 8.34. The van der Waals surface area contributed by atoms with Gasteiger partial charge in [0.15, 0.2) is 0 Å². The van der Waals surface area contributed by atoms with Gasteiger partial charge in [0.1, 0.15) is 0 Å². The first-order valence-electron chi connectivity index (χ1n) is 8.34. The Bertz CT molecular complexity index is 294. The normalized spacial score (nSPS) is 36.6. The van der Waals surface area contributed by atoms with Crippen molar-refractivity contribution < 1.29 is 0 Å². The third kappa shape index (κ3) is 3.00. The number of nitrogens with two attached hydrogens (primary N) is 1. The summed E-state index contributed by atoms with van der Waals surface area (Å²) in [4.78, 5) is 2.70. The zero-order valence-electron chi connectivity index (χ0n) is 13.5. The Balaban J connectivity index is 2.12. The fourth-order valence-corrected chi connectivity index (χ4v) is 4.73. The Morgan fingerprint density at radius 1 is 1.11 bits per heavy atom. The molecule has 112 valence electrons. The van der Waals surface area contributed by atoms with Crippen molar-refractivity contribution in [2.45, 2.75) is 83.7 Å². The van der Waals surface area contributed by atoms with E-state index in [-0.39, 0.29) is 5.54 Å². The van der Waals surface area contributed by atoms with E-state index in [1.54, 1.807) is 0 Å². The van der Waals surface area contributed by atoms with Crippen LogP contribution < -0.4 is 5.73 Å². The van der Waals surface area contributed by atoms with Gasteiger partial charge < -0.3 is 5.73 Å². The lowest BCUT2D eigenvalue weighted by Crippen LogP contribution is -2.62. The molecular weight excluding hydrogens is 232 g/mol. The molecule has 0 bridgehead atoms. The summed E-state index contributed by atoms with van der Waals surface area (Å²) in [5.74, 6) is 0.716.